The van der Waals surface area contributed by atoms with Gasteiger partial charge in [0.2, 0.25) is 0 Å². The summed E-state index contributed by atoms with van der Waals surface area (Å²) < 4.78 is 5.83. The molecule has 0 spiro atoms. The van der Waals surface area contributed by atoms with Crippen molar-refractivity contribution >= 4 is 0 Å². The Bertz CT molecular complexity index is 400. The van der Waals surface area contributed by atoms with Crippen molar-refractivity contribution in [2.45, 2.75) is 84.5 Å². The lowest BCUT2D eigenvalue weighted by Crippen LogP contribution is -2.14. The van der Waals surface area contributed by atoms with Crippen LogP contribution in [0.15, 0.2) is 24.3 Å². The van der Waals surface area contributed by atoms with E-state index in [0.29, 0.717) is 0 Å². The van der Waals surface area contributed by atoms with E-state index in [1.807, 2.05) is 0 Å². The van der Waals surface area contributed by atoms with Crippen LogP contribution in [0.4, 0.5) is 0 Å². The summed E-state index contributed by atoms with van der Waals surface area (Å²) in [7, 11) is 0. The van der Waals surface area contributed by atoms with E-state index >= 15 is 0 Å². The maximum Gasteiger partial charge on any atom is 0.119 e. The third kappa shape index (κ3) is 6.97. The van der Waals surface area contributed by atoms with E-state index in [2.05, 4.69) is 38.1 Å². The minimum atomic E-state index is 0.861. The van der Waals surface area contributed by atoms with Gasteiger partial charge in [0.15, 0.2) is 0 Å². The fraction of sp³-hybridized carbons (Fsp3) is 0.727. The lowest BCUT2D eigenvalue weighted by molar-refractivity contribution is 0.259. The largest absolute Gasteiger partial charge is 0.494 e. The van der Waals surface area contributed by atoms with Crippen LogP contribution in [0, 0.1) is 11.8 Å². The van der Waals surface area contributed by atoms with Crippen LogP contribution < -0.4 is 4.74 Å². The fourth-order valence-electron chi connectivity index (χ4n) is 3.77. The van der Waals surface area contributed by atoms with Gasteiger partial charge >= 0.3 is 0 Å². The second-order valence-corrected chi connectivity index (χ2v) is 7.39. The first-order chi connectivity index (χ1) is 11.3. The number of benzene rings is 1. The van der Waals surface area contributed by atoms with Gasteiger partial charge in [-0.25, -0.2) is 0 Å². The molecule has 0 radical (unpaired) electrons. The molecule has 0 heterocycles. The van der Waals surface area contributed by atoms with Crippen molar-refractivity contribution < 1.29 is 4.74 Å². The lowest BCUT2D eigenvalue weighted by atomic mass is 9.78. The maximum atomic E-state index is 5.83. The van der Waals surface area contributed by atoms with Gasteiger partial charge in [-0.2, -0.15) is 0 Å². The van der Waals surface area contributed by atoms with Crippen molar-refractivity contribution in [3.63, 3.8) is 0 Å². The van der Waals surface area contributed by atoms with Crippen LogP contribution in [0.25, 0.3) is 0 Å². The van der Waals surface area contributed by atoms with Crippen LogP contribution in [-0.2, 0) is 6.42 Å². The summed E-state index contributed by atoms with van der Waals surface area (Å²) in [5.41, 5.74) is 1.47. The molecule has 1 fully saturated rings. The summed E-state index contributed by atoms with van der Waals surface area (Å²) in [6.45, 7) is 5.45. The molecule has 130 valence electrons. The molecule has 1 saturated carbocycles. The van der Waals surface area contributed by atoms with Gasteiger partial charge in [-0.05, 0) is 48.8 Å². The Balaban J connectivity index is 1.63. The zero-order valence-corrected chi connectivity index (χ0v) is 15.4. The summed E-state index contributed by atoms with van der Waals surface area (Å²) in [4.78, 5) is 0. The van der Waals surface area contributed by atoms with Gasteiger partial charge in [0.1, 0.15) is 5.75 Å². The molecular formula is C22H36O. The van der Waals surface area contributed by atoms with Crippen LogP contribution >= 0.6 is 0 Å². The van der Waals surface area contributed by atoms with Gasteiger partial charge < -0.3 is 4.74 Å². The average molecular weight is 317 g/mol. The van der Waals surface area contributed by atoms with E-state index in [-0.39, 0.29) is 0 Å². The minimum absolute atomic E-state index is 0.861. The Morgan fingerprint density at radius 3 is 2.22 bits per heavy atom. The maximum absolute atomic E-state index is 5.83. The van der Waals surface area contributed by atoms with E-state index < -0.39 is 0 Å². The Hall–Kier alpha value is -0.980. The van der Waals surface area contributed by atoms with Gasteiger partial charge in [0.05, 0.1) is 6.61 Å². The smallest absolute Gasteiger partial charge is 0.119 e. The molecule has 1 aliphatic rings. The quantitative estimate of drug-likeness (QED) is 0.431. The predicted octanol–water partition coefficient (Wildman–Crippen LogP) is 6.79. The van der Waals surface area contributed by atoms with Gasteiger partial charge in [-0.15, -0.1) is 0 Å². The zero-order chi connectivity index (χ0) is 16.3. The third-order valence-corrected chi connectivity index (χ3v) is 5.57. The first kappa shape index (κ1) is 18.4. The molecule has 1 aliphatic carbocycles. The summed E-state index contributed by atoms with van der Waals surface area (Å²) in [5.74, 6) is 3.01. The molecule has 0 saturated heterocycles. The van der Waals surface area contributed by atoms with Crippen LogP contribution in [0.2, 0.25) is 0 Å². The van der Waals surface area contributed by atoms with E-state index in [0.717, 1.165) is 24.2 Å². The fourth-order valence-corrected chi connectivity index (χ4v) is 3.77. The topological polar surface area (TPSA) is 9.23 Å². The Labute approximate surface area is 143 Å². The number of aryl methyl sites for hydroxylation is 1. The molecule has 0 unspecified atom stereocenters. The van der Waals surface area contributed by atoms with Crippen molar-refractivity contribution in [2.24, 2.45) is 11.8 Å². The third-order valence-electron chi connectivity index (χ3n) is 5.57. The average Bonchev–Trinajstić information content (AvgIpc) is 2.61. The second-order valence-electron chi connectivity index (χ2n) is 7.39. The van der Waals surface area contributed by atoms with Crippen molar-refractivity contribution in [3.8, 4) is 5.75 Å². The number of ether oxygens (including phenoxy) is 1. The lowest BCUT2D eigenvalue weighted by Gasteiger charge is -2.27. The molecule has 23 heavy (non-hydrogen) atoms. The Morgan fingerprint density at radius 1 is 0.870 bits per heavy atom. The van der Waals surface area contributed by atoms with Crippen molar-refractivity contribution in [2.75, 3.05) is 6.61 Å². The van der Waals surface area contributed by atoms with Crippen LogP contribution in [-0.4, -0.2) is 6.61 Å². The Morgan fingerprint density at radius 2 is 1.57 bits per heavy atom. The van der Waals surface area contributed by atoms with E-state index in [1.165, 1.54) is 76.2 Å². The molecule has 1 heteroatoms. The van der Waals surface area contributed by atoms with Crippen molar-refractivity contribution in [3.05, 3.63) is 29.8 Å². The molecule has 0 bridgehead atoms. The summed E-state index contributed by atoms with van der Waals surface area (Å²) >= 11 is 0. The van der Waals surface area contributed by atoms with E-state index in [9.17, 15) is 0 Å². The molecule has 0 atom stereocenters. The molecular weight excluding hydrogens is 280 g/mol. The number of rotatable bonds is 10. The normalized spacial score (nSPS) is 21.3. The molecule has 0 aliphatic heterocycles. The minimum Gasteiger partial charge on any atom is -0.494 e. The molecule has 0 aromatic heterocycles. The van der Waals surface area contributed by atoms with Gasteiger partial charge in [0.25, 0.3) is 0 Å². The van der Waals surface area contributed by atoms with Crippen molar-refractivity contribution in [1.82, 2.24) is 0 Å². The summed E-state index contributed by atoms with van der Waals surface area (Å²) in [5, 5.41) is 0. The van der Waals surface area contributed by atoms with E-state index in [1.54, 1.807) is 0 Å². The first-order valence-electron chi connectivity index (χ1n) is 10.0. The first-order valence-corrected chi connectivity index (χ1v) is 10.0. The molecule has 1 aromatic carbocycles. The highest BCUT2D eigenvalue weighted by molar-refractivity contribution is 5.27. The highest BCUT2D eigenvalue weighted by Crippen LogP contribution is 2.33. The monoisotopic (exact) mass is 316 g/mol. The standard InChI is InChI=1S/C22H36O/c1-3-5-6-7-18-23-22-16-14-21(15-17-22)13-12-20-10-8-19(4-2)9-11-20/h14-17,19-20H,3-13,18H2,1-2H3. The Kier molecular flexibility index (Phi) is 8.57. The van der Waals surface area contributed by atoms with Crippen LogP contribution in [0.1, 0.15) is 83.6 Å². The number of hydrogen-bond acceptors (Lipinski definition) is 1. The highest BCUT2D eigenvalue weighted by Gasteiger charge is 2.19. The van der Waals surface area contributed by atoms with E-state index in [4.69, 9.17) is 4.74 Å². The highest BCUT2D eigenvalue weighted by atomic mass is 16.5. The molecule has 0 N–H and O–H groups in total. The van der Waals surface area contributed by atoms with Crippen molar-refractivity contribution in [1.29, 1.82) is 0 Å². The molecule has 2 rings (SSSR count). The second kappa shape index (κ2) is 10.7. The summed E-state index contributed by atoms with van der Waals surface area (Å²) in [6.07, 6.45) is 14.9. The van der Waals surface area contributed by atoms with Gasteiger partial charge in [-0.1, -0.05) is 77.3 Å². The van der Waals surface area contributed by atoms with Gasteiger partial charge in [0, 0.05) is 0 Å². The molecule has 0 amide bonds. The zero-order valence-electron chi connectivity index (χ0n) is 15.4. The predicted molar refractivity (Wildman–Crippen MR) is 100 cm³/mol. The molecule has 1 aromatic rings. The summed E-state index contributed by atoms with van der Waals surface area (Å²) in [6, 6.07) is 8.84. The number of unbranched alkanes of at least 4 members (excludes halogenated alkanes) is 3. The van der Waals surface area contributed by atoms with Crippen LogP contribution in [0.3, 0.4) is 0 Å². The number of hydrogen-bond donors (Lipinski definition) is 0. The SMILES string of the molecule is CCCCCCOc1ccc(CCC2CCC(CC)CC2)cc1. The molecule has 1 nitrogen and oxygen atoms in total. The van der Waals surface area contributed by atoms with Crippen LogP contribution in [0.5, 0.6) is 5.75 Å². The van der Waals surface area contributed by atoms with Gasteiger partial charge in [-0.3, -0.25) is 0 Å².